The first-order chi connectivity index (χ1) is 8.09. The number of carbonyl (C=O) groups is 1. The number of nitrogens with zero attached hydrogens (tertiary/aromatic N) is 1. The lowest BCUT2D eigenvalue weighted by Crippen LogP contribution is -2.42. The highest BCUT2D eigenvalue weighted by Gasteiger charge is 2.13. The van der Waals surface area contributed by atoms with Crippen LogP contribution in [-0.2, 0) is 11.2 Å². The van der Waals surface area contributed by atoms with Crippen molar-refractivity contribution in [1.82, 2.24) is 10.3 Å². The van der Waals surface area contributed by atoms with Gasteiger partial charge in [-0.25, -0.2) is 0 Å². The zero-order valence-corrected chi connectivity index (χ0v) is 13.0. The lowest BCUT2D eigenvalue weighted by Gasteiger charge is -2.13. The molecule has 3 N–H and O–H groups in total. The Morgan fingerprint density at radius 3 is 2.58 bits per heavy atom. The van der Waals surface area contributed by atoms with Crippen LogP contribution in [0.5, 0.6) is 0 Å². The van der Waals surface area contributed by atoms with Crippen molar-refractivity contribution in [3.63, 3.8) is 0 Å². The number of aromatic nitrogens is 1. The second-order valence-electron chi connectivity index (χ2n) is 4.60. The average molecular weight is 308 g/mol. The summed E-state index contributed by atoms with van der Waals surface area (Å²) < 4.78 is 0. The summed E-state index contributed by atoms with van der Waals surface area (Å²) in [6.45, 7) is 4.70. The Balaban J connectivity index is 0. The van der Waals surface area contributed by atoms with Gasteiger partial charge in [0.05, 0.1) is 6.04 Å². The van der Waals surface area contributed by atoms with Crippen LogP contribution in [0.15, 0.2) is 24.4 Å². The van der Waals surface area contributed by atoms with E-state index in [-0.39, 0.29) is 30.7 Å². The van der Waals surface area contributed by atoms with Crippen LogP contribution in [0.2, 0.25) is 0 Å². The van der Waals surface area contributed by atoms with E-state index >= 15 is 0 Å². The van der Waals surface area contributed by atoms with Gasteiger partial charge in [-0.1, -0.05) is 19.9 Å². The predicted molar refractivity (Wildman–Crippen MR) is 82.9 cm³/mol. The number of amides is 1. The van der Waals surface area contributed by atoms with Crippen molar-refractivity contribution in [2.24, 2.45) is 11.7 Å². The maximum absolute atomic E-state index is 11.6. The first-order valence-corrected chi connectivity index (χ1v) is 6.02. The van der Waals surface area contributed by atoms with Crippen molar-refractivity contribution in [1.29, 1.82) is 0 Å². The van der Waals surface area contributed by atoms with Gasteiger partial charge in [-0.05, 0) is 24.5 Å². The lowest BCUT2D eigenvalue weighted by atomic mass is 10.0. The molecule has 0 saturated heterocycles. The van der Waals surface area contributed by atoms with Crippen molar-refractivity contribution in [3.05, 3.63) is 30.1 Å². The van der Waals surface area contributed by atoms with Crippen molar-refractivity contribution < 1.29 is 4.79 Å². The van der Waals surface area contributed by atoms with Crippen molar-refractivity contribution in [2.75, 3.05) is 6.54 Å². The van der Waals surface area contributed by atoms with E-state index in [1.807, 2.05) is 18.2 Å². The second kappa shape index (κ2) is 11.0. The molecule has 6 heteroatoms. The van der Waals surface area contributed by atoms with E-state index in [1.54, 1.807) is 6.20 Å². The van der Waals surface area contributed by atoms with Gasteiger partial charge in [0.15, 0.2) is 0 Å². The van der Waals surface area contributed by atoms with Crippen LogP contribution in [0.4, 0.5) is 0 Å². The van der Waals surface area contributed by atoms with Gasteiger partial charge >= 0.3 is 0 Å². The van der Waals surface area contributed by atoms with Gasteiger partial charge in [0, 0.05) is 24.9 Å². The minimum atomic E-state index is -0.404. The molecule has 19 heavy (non-hydrogen) atoms. The Morgan fingerprint density at radius 2 is 2.05 bits per heavy atom. The van der Waals surface area contributed by atoms with Crippen molar-refractivity contribution in [2.45, 2.75) is 32.7 Å². The minimum absolute atomic E-state index is 0. The molecule has 0 saturated carbocycles. The number of rotatable bonds is 6. The van der Waals surface area contributed by atoms with E-state index in [9.17, 15) is 4.79 Å². The predicted octanol–water partition coefficient (Wildman–Crippen LogP) is 1.96. The van der Waals surface area contributed by atoms with Gasteiger partial charge in [-0.3, -0.25) is 9.78 Å². The molecule has 0 spiro atoms. The number of halogens is 2. The summed E-state index contributed by atoms with van der Waals surface area (Å²) in [5, 5.41) is 2.83. The van der Waals surface area contributed by atoms with Crippen LogP contribution in [0, 0.1) is 5.92 Å². The first-order valence-electron chi connectivity index (χ1n) is 6.02. The molecule has 0 fully saturated rings. The van der Waals surface area contributed by atoms with Crippen LogP contribution >= 0.6 is 24.8 Å². The van der Waals surface area contributed by atoms with Gasteiger partial charge in [0.25, 0.3) is 0 Å². The van der Waals surface area contributed by atoms with E-state index in [0.717, 1.165) is 18.5 Å². The molecule has 1 heterocycles. The minimum Gasteiger partial charge on any atom is -0.354 e. The number of carbonyl (C=O) groups excluding carboxylic acids is 1. The molecule has 0 radical (unpaired) electrons. The van der Waals surface area contributed by atoms with E-state index in [1.165, 1.54) is 0 Å². The fraction of sp³-hybridized carbons (Fsp3) is 0.538. The molecule has 1 atom stereocenters. The Kier molecular flexibility index (Phi) is 11.9. The first kappa shape index (κ1) is 20.5. The van der Waals surface area contributed by atoms with Gasteiger partial charge in [-0.15, -0.1) is 24.8 Å². The lowest BCUT2D eigenvalue weighted by molar-refractivity contribution is -0.122. The number of pyridine rings is 1. The highest BCUT2D eigenvalue weighted by atomic mass is 35.5. The fourth-order valence-electron chi connectivity index (χ4n) is 1.61. The number of nitrogens with one attached hydrogen (secondary N) is 1. The molecule has 0 bridgehead atoms. The molecule has 0 unspecified atom stereocenters. The van der Waals surface area contributed by atoms with Crippen LogP contribution in [0.1, 0.15) is 26.0 Å². The third-order valence-corrected chi connectivity index (χ3v) is 2.47. The van der Waals surface area contributed by atoms with Crippen LogP contribution in [-0.4, -0.2) is 23.5 Å². The van der Waals surface area contributed by atoms with Gasteiger partial charge in [-0.2, -0.15) is 0 Å². The molecule has 1 rings (SSSR count). The second-order valence-corrected chi connectivity index (χ2v) is 4.60. The topological polar surface area (TPSA) is 68.0 Å². The van der Waals surface area contributed by atoms with Crippen LogP contribution in [0.25, 0.3) is 0 Å². The Labute approximate surface area is 127 Å². The number of nitrogens with two attached hydrogens (primary N) is 1. The quantitative estimate of drug-likeness (QED) is 0.844. The van der Waals surface area contributed by atoms with Gasteiger partial charge in [0.2, 0.25) is 5.91 Å². The highest BCUT2D eigenvalue weighted by molar-refractivity contribution is 5.85. The molecular weight excluding hydrogens is 285 g/mol. The number of hydrogen-bond acceptors (Lipinski definition) is 3. The molecule has 110 valence electrons. The van der Waals surface area contributed by atoms with Gasteiger partial charge in [0.1, 0.15) is 0 Å². The Hall–Kier alpha value is -0.840. The fourth-order valence-corrected chi connectivity index (χ4v) is 1.61. The zero-order valence-electron chi connectivity index (χ0n) is 11.3. The normalized spacial score (nSPS) is 11.2. The van der Waals surface area contributed by atoms with E-state index in [2.05, 4.69) is 24.1 Å². The molecule has 0 aliphatic heterocycles. The van der Waals surface area contributed by atoms with E-state index in [0.29, 0.717) is 12.5 Å². The maximum Gasteiger partial charge on any atom is 0.236 e. The SMILES string of the molecule is CC(C)C[C@H](N)C(=O)NCCc1ccccn1.Cl.Cl. The van der Waals surface area contributed by atoms with E-state index in [4.69, 9.17) is 5.73 Å². The van der Waals surface area contributed by atoms with Crippen molar-refractivity contribution in [3.8, 4) is 0 Å². The van der Waals surface area contributed by atoms with Crippen LogP contribution < -0.4 is 11.1 Å². The largest absolute Gasteiger partial charge is 0.354 e. The summed E-state index contributed by atoms with van der Waals surface area (Å²) in [6.07, 6.45) is 3.21. The summed E-state index contributed by atoms with van der Waals surface area (Å²) in [5.74, 6) is 0.362. The smallest absolute Gasteiger partial charge is 0.236 e. The average Bonchev–Trinajstić information content (AvgIpc) is 2.29. The third kappa shape index (κ3) is 8.81. The molecular formula is C13H23Cl2N3O. The molecule has 1 aromatic heterocycles. The van der Waals surface area contributed by atoms with Crippen LogP contribution in [0.3, 0.4) is 0 Å². The monoisotopic (exact) mass is 307 g/mol. The molecule has 0 aliphatic rings. The van der Waals surface area contributed by atoms with Gasteiger partial charge < -0.3 is 11.1 Å². The number of hydrogen-bond donors (Lipinski definition) is 2. The molecule has 1 amide bonds. The molecule has 4 nitrogen and oxygen atoms in total. The summed E-state index contributed by atoms with van der Waals surface area (Å²) in [6, 6.07) is 5.36. The Bertz CT molecular complexity index is 347. The standard InChI is InChI=1S/C13H21N3O.2ClH/c1-10(2)9-12(14)13(17)16-8-6-11-5-3-4-7-15-11;;/h3-5,7,10,12H,6,8-9,14H2,1-2H3,(H,16,17);2*1H/t12-;;/m0../s1. The third-order valence-electron chi connectivity index (χ3n) is 2.47. The van der Waals surface area contributed by atoms with Crippen molar-refractivity contribution >= 4 is 30.7 Å². The maximum atomic E-state index is 11.6. The molecule has 0 aromatic carbocycles. The highest BCUT2D eigenvalue weighted by Crippen LogP contribution is 2.02. The summed E-state index contributed by atoms with van der Waals surface area (Å²) in [7, 11) is 0. The summed E-state index contributed by atoms with van der Waals surface area (Å²) in [4.78, 5) is 15.8. The molecule has 1 aromatic rings. The van der Waals surface area contributed by atoms with E-state index < -0.39 is 6.04 Å². The summed E-state index contributed by atoms with van der Waals surface area (Å²) >= 11 is 0. The zero-order chi connectivity index (χ0) is 12.7. The Morgan fingerprint density at radius 1 is 1.37 bits per heavy atom. The molecule has 0 aliphatic carbocycles. The summed E-state index contributed by atoms with van der Waals surface area (Å²) in [5.41, 5.74) is 6.75.